The fourth-order valence-corrected chi connectivity index (χ4v) is 1.84. The zero-order valence-corrected chi connectivity index (χ0v) is 13.3. The Labute approximate surface area is 142 Å². The molecule has 0 fully saturated rings. The predicted molar refractivity (Wildman–Crippen MR) is 86.5 cm³/mol. The molecule has 0 heterocycles. The summed E-state index contributed by atoms with van der Waals surface area (Å²) in [6.45, 7) is -0.661. The Morgan fingerprint density at radius 2 is 1.68 bits per heavy atom. The standard InChI is InChI=1S/C17H16F2N2O4/c1-24-12-3-5-13(6-4-12)25-10-17(23)20-9-16(22)21-15-7-2-11(18)8-14(15)19/h2-8H,9-10H2,1H3,(H,20,23)(H,21,22). The number of rotatable bonds is 7. The lowest BCUT2D eigenvalue weighted by molar-refractivity contribution is -0.125. The van der Waals surface area contributed by atoms with E-state index in [2.05, 4.69) is 10.6 Å². The number of hydrogen-bond acceptors (Lipinski definition) is 4. The number of carbonyl (C=O) groups excluding carboxylic acids is 2. The SMILES string of the molecule is COc1ccc(OCC(=O)NCC(=O)Nc2ccc(F)cc2F)cc1. The molecule has 2 aromatic rings. The molecule has 132 valence electrons. The summed E-state index contributed by atoms with van der Waals surface area (Å²) < 4.78 is 36.4. The van der Waals surface area contributed by atoms with Gasteiger partial charge >= 0.3 is 0 Å². The Morgan fingerprint density at radius 3 is 2.32 bits per heavy atom. The lowest BCUT2D eigenvalue weighted by Crippen LogP contribution is -2.35. The first-order chi connectivity index (χ1) is 12.0. The van der Waals surface area contributed by atoms with Crippen molar-refractivity contribution in [2.24, 2.45) is 0 Å². The Morgan fingerprint density at radius 1 is 1.00 bits per heavy atom. The second kappa shape index (κ2) is 8.62. The Hall–Kier alpha value is -3.16. The summed E-state index contributed by atoms with van der Waals surface area (Å²) in [7, 11) is 1.53. The van der Waals surface area contributed by atoms with Gasteiger partial charge in [0.15, 0.2) is 6.61 Å². The largest absolute Gasteiger partial charge is 0.497 e. The van der Waals surface area contributed by atoms with Crippen molar-refractivity contribution in [1.29, 1.82) is 0 Å². The molecule has 0 saturated heterocycles. The van der Waals surface area contributed by atoms with E-state index in [0.717, 1.165) is 12.1 Å². The molecular formula is C17H16F2N2O4. The van der Waals surface area contributed by atoms with Crippen molar-refractivity contribution in [3.63, 3.8) is 0 Å². The highest BCUT2D eigenvalue weighted by Gasteiger charge is 2.10. The molecule has 2 N–H and O–H groups in total. The van der Waals surface area contributed by atoms with Gasteiger partial charge < -0.3 is 20.1 Å². The first kappa shape index (κ1) is 18.2. The van der Waals surface area contributed by atoms with Crippen LogP contribution in [-0.2, 0) is 9.59 Å². The molecule has 8 heteroatoms. The third-order valence-corrected chi connectivity index (χ3v) is 3.08. The Kier molecular flexibility index (Phi) is 6.27. The van der Waals surface area contributed by atoms with Gasteiger partial charge in [-0.05, 0) is 36.4 Å². The fraction of sp³-hybridized carbons (Fsp3) is 0.176. The summed E-state index contributed by atoms with van der Waals surface area (Å²) in [5.41, 5.74) is -0.171. The molecule has 0 radical (unpaired) electrons. The summed E-state index contributed by atoms with van der Waals surface area (Å²) in [4.78, 5) is 23.3. The first-order valence-corrected chi connectivity index (χ1v) is 7.26. The normalized spacial score (nSPS) is 10.0. The molecular weight excluding hydrogens is 334 g/mol. The van der Waals surface area contributed by atoms with Crippen LogP contribution in [-0.4, -0.2) is 32.1 Å². The summed E-state index contributed by atoms with van der Waals surface area (Å²) in [5.74, 6) is -1.70. The Balaban J connectivity index is 1.74. The van der Waals surface area contributed by atoms with Crippen molar-refractivity contribution in [2.45, 2.75) is 0 Å². The summed E-state index contributed by atoms with van der Waals surface area (Å²) in [6, 6.07) is 9.39. The van der Waals surface area contributed by atoms with E-state index in [1.807, 2.05) is 0 Å². The van der Waals surface area contributed by atoms with E-state index in [-0.39, 0.29) is 18.8 Å². The van der Waals surface area contributed by atoms with Gasteiger partial charge in [0.2, 0.25) is 5.91 Å². The number of methoxy groups -OCH3 is 1. The van der Waals surface area contributed by atoms with Crippen molar-refractivity contribution < 1.29 is 27.8 Å². The van der Waals surface area contributed by atoms with Crippen molar-refractivity contribution >= 4 is 17.5 Å². The average molecular weight is 350 g/mol. The highest BCUT2D eigenvalue weighted by atomic mass is 19.1. The average Bonchev–Trinajstić information content (AvgIpc) is 2.61. The second-order valence-corrected chi connectivity index (χ2v) is 4.91. The molecule has 2 rings (SSSR count). The molecule has 0 aliphatic rings. The maximum Gasteiger partial charge on any atom is 0.258 e. The number of anilines is 1. The molecule has 2 aromatic carbocycles. The minimum absolute atomic E-state index is 0.171. The van der Waals surface area contributed by atoms with Crippen LogP contribution in [0.5, 0.6) is 11.5 Å². The van der Waals surface area contributed by atoms with Crippen molar-refractivity contribution in [3.8, 4) is 11.5 Å². The van der Waals surface area contributed by atoms with Crippen LogP contribution in [0.25, 0.3) is 0 Å². The van der Waals surface area contributed by atoms with E-state index in [9.17, 15) is 18.4 Å². The monoisotopic (exact) mass is 350 g/mol. The molecule has 2 amide bonds. The highest BCUT2D eigenvalue weighted by Crippen LogP contribution is 2.17. The van der Waals surface area contributed by atoms with Gasteiger partial charge in [0.05, 0.1) is 19.3 Å². The van der Waals surface area contributed by atoms with E-state index in [1.165, 1.54) is 7.11 Å². The summed E-state index contributed by atoms with van der Waals surface area (Å²) in [5, 5.41) is 4.56. The third-order valence-electron chi connectivity index (χ3n) is 3.08. The first-order valence-electron chi connectivity index (χ1n) is 7.26. The van der Waals surface area contributed by atoms with E-state index < -0.39 is 23.4 Å². The van der Waals surface area contributed by atoms with Gasteiger partial charge in [0.25, 0.3) is 5.91 Å². The zero-order chi connectivity index (χ0) is 18.2. The van der Waals surface area contributed by atoms with Gasteiger partial charge in [0, 0.05) is 6.07 Å². The quantitative estimate of drug-likeness (QED) is 0.802. The minimum atomic E-state index is -0.900. The molecule has 0 saturated carbocycles. The van der Waals surface area contributed by atoms with Crippen LogP contribution < -0.4 is 20.1 Å². The van der Waals surface area contributed by atoms with Crippen LogP contribution in [0, 0.1) is 11.6 Å². The van der Waals surface area contributed by atoms with E-state index in [4.69, 9.17) is 9.47 Å². The van der Waals surface area contributed by atoms with Gasteiger partial charge in [-0.25, -0.2) is 8.78 Å². The summed E-state index contributed by atoms with van der Waals surface area (Å²) >= 11 is 0. The fourth-order valence-electron chi connectivity index (χ4n) is 1.84. The number of ether oxygens (including phenoxy) is 2. The van der Waals surface area contributed by atoms with Crippen LogP contribution in [0.4, 0.5) is 14.5 Å². The number of halogens is 2. The lowest BCUT2D eigenvalue weighted by Gasteiger charge is -2.09. The topological polar surface area (TPSA) is 76.7 Å². The number of benzene rings is 2. The summed E-state index contributed by atoms with van der Waals surface area (Å²) in [6.07, 6.45) is 0. The van der Waals surface area contributed by atoms with Crippen LogP contribution in [0.1, 0.15) is 0 Å². The minimum Gasteiger partial charge on any atom is -0.497 e. The molecule has 0 atom stereocenters. The lowest BCUT2D eigenvalue weighted by atomic mass is 10.3. The molecule has 0 unspecified atom stereocenters. The maximum absolute atomic E-state index is 13.4. The number of hydrogen-bond donors (Lipinski definition) is 2. The number of nitrogens with one attached hydrogen (secondary N) is 2. The second-order valence-electron chi connectivity index (χ2n) is 4.91. The van der Waals surface area contributed by atoms with Crippen LogP contribution in [0.3, 0.4) is 0 Å². The van der Waals surface area contributed by atoms with Crippen LogP contribution >= 0.6 is 0 Å². The molecule has 0 bridgehead atoms. The van der Waals surface area contributed by atoms with E-state index in [1.54, 1.807) is 24.3 Å². The number of carbonyl (C=O) groups is 2. The maximum atomic E-state index is 13.4. The molecule has 6 nitrogen and oxygen atoms in total. The van der Waals surface area contributed by atoms with Crippen LogP contribution in [0.2, 0.25) is 0 Å². The van der Waals surface area contributed by atoms with Crippen molar-refractivity contribution in [2.75, 3.05) is 25.6 Å². The molecule has 25 heavy (non-hydrogen) atoms. The smallest absolute Gasteiger partial charge is 0.258 e. The molecule has 0 aromatic heterocycles. The van der Waals surface area contributed by atoms with Crippen LogP contribution in [0.15, 0.2) is 42.5 Å². The van der Waals surface area contributed by atoms with Crippen molar-refractivity contribution in [3.05, 3.63) is 54.1 Å². The van der Waals surface area contributed by atoms with E-state index >= 15 is 0 Å². The van der Waals surface area contributed by atoms with Gasteiger partial charge in [0.1, 0.15) is 23.1 Å². The highest BCUT2D eigenvalue weighted by molar-refractivity contribution is 5.94. The predicted octanol–water partition coefficient (Wildman–Crippen LogP) is 2.11. The molecule has 0 aliphatic carbocycles. The molecule has 0 aliphatic heterocycles. The van der Waals surface area contributed by atoms with Gasteiger partial charge in [-0.1, -0.05) is 0 Å². The van der Waals surface area contributed by atoms with E-state index in [0.29, 0.717) is 17.6 Å². The molecule has 0 spiro atoms. The van der Waals surface area contributed by atoms with Crippen molar-refractivity contribution in [1.82, 2.24) is 5.32 Å². The van der Waals surface area contributed by atoms with Gasteiger partial charge in [-0.3, -0.25) is 9.59 Å². The number of amides is 2. The Bertz CT molecular complexity index is 751. The van der Waals surface area contributed by atoms with Gasteiger partial charge in [-0.15, -0.1) is 0 Å². The zero-order valence-electron chi connectivity index (χ0n) is 13.3. The third kappa shape index (κ3) is 5.76. The van der Waals surface area contributed by atoms with Gasteiger partial charge in [-0.2, -0.15) is 0 Å².